The number of nitro groups is 1. The van der Waals surface area contributed by atoms with Crippen molar-refractivity contribution < 1.29 is 14.5 Å². The van der Waals surface area contributed by atoms with Gasteiger partial charge in [0, 0.05) is 12.6 Å². The number of hydrogen-bond acceptors (Lipinski definition) is 5. The number of carbonyl (C=O) groups is 1. The molecule has 2 aromatic rings. The van der Waals surface area contributed by atoms with Crippen LogP contribution < -0.4 is 9.64 Å². The van der Waals surface area contributed by atoms with E-state index in [4.69, 9.17) is 4.74 Å². The Balaban J connectivity index is 2.07. The quantitative estimate of drug-likeness (QED) is 0.489. The Kier molecular flexibility index (Phi) is 3.97. The van der Waals surface area contributed by atoms with E-state index in [0.29, 0.717) is 18.0 Å². The molecule has 0 saturated carbocycles. The second-order valence-electron chi connectivity index (χ2n) is 6.31. The Labute approximate surface area is 139 Å². The van der Waals surface area contributed by atoms with Crippen molar-refractivity contribution in [3.63, 3.8) is 0 Å². The fraction of sp³-hybridized carbons (Fsp3) is 0.278. The van der Waals surface area contributed by atoms with Crippen LogP contribution in [-0.2, 0) is 11.3 Å². The molecule has 0 fully saturated rings. The van der Waals surface area contributed by atoms with Crippen LogP contribution in [0.15, 0.2) is 48.5 Å². The minimum absolute atomic E-state index is 0.0336. The number of benzene rings is 2. The lowest BCUT2D eigenvalue weighted by Gasteiger charge is -2.45. The van der Waals surface area contributed by atoms with E-state index in [1.165, 1.54) is 12.1 Å². The molecule has 1 aliphatic rings. The van der Waals surface area contributed by atoms with Crippen molar-refractivity contribution in [2.45, 2.75) is 32.0 Å². The molecule has 0 radical (unpaired) electrons. The van der Waals surface area contributed by atoms with Crippen molar-refractivity contribution in [2.75, 3.05) is 4.90 Å². The van der Waals surface area contributed by atoms with E-state index in [2.05, 4.69) is 0 Å². The molecule has 1 heterocycles. The van der Waals surface area contributed by atoms with Gasteiger partial charge in [-0.3, -0.25) is 10.1 Å². The molecule has 2 aromatic carbocycles. The van der Waals surface area contributed by atoms with Gasteiger partial charge in [0.05, 0.1) is 16.7 Å². The largest absolute Gasteiger partial charge is 0.483 e. The van der Waals surface area contributed by atoms with Crippen molar-refractivity contribution in [1.82, 2.24) is 0 Å². The second kappa shape index (κ2) is 5.96. The Morgan fingerprint density at radius 2 is 1.96 bits per heavy atom. The van der Waals surface area contributed by atoms with Gasteiger partial charge < -0.3 is 14.4 Å². The zero-order chi connectivity index (χ0) is 17.3. The third kappa shape index (κ3) is 2.82. The highest BCUT2D eigenvalue weighted by molar-refractivity contribution is 5.74. The van der Waals surface area contributed by atoms with Gasteiger partial charge in [-0.1, -0.05) is 30.3 Å². The number of aldehydes is 1. The number of carbonyl (C=O) groups excluding carboxylic acids is 1. The topological polar surface area (TPSA) is 72.7 Å². The average molecular weight is 326 g/mol. The van der Waals surface area contributed by atoms with E-state index in [-0.39, 0.29) is 5.69 Å². The van der Waals surface area contributed by atoms with E-state index in [9.17, 15) is 14.9 Å². The molecule has 0 bridgehead atoms. The van der Waals surface area contributed by atoms with Crippen molar-refractivity contribution >= 4 is 17.7 Å². The highest BCUT2D eigenvalue weighted by Gasteiger charge is 2.42. The minimum atomic E-state index is -0.793. The summed E-state index contributed by atoms with van der Waals surface area (Å²) in [6.07, 6.45) is 0.868. The summed E-state index contributed by atoms with van der Waals surface area (Å²) in [4.78, 5) is 24.2. The van der Waals surface area contributed by atoms with Crippen molar-refractivity contribution in [3.05, 3.63) is 64.2 Å². The Morgan fingerprint density at radius 3 is 2.58 bits per heavy atom. The highest BCUT2D eigenvalue weighted by Crippen LogP contribution is 2.42. The van der Waals surface area contributed by atoms with Crippen LogP contribution in [0.2, 0.25) is 0 Å². The molecule has 0 aliphatic carbocycles. The Morgan fingerprint density at radius 1 is 1.25 bits per heavy atom. The summed E-state index contributed by atoms with van der Waals surface area (Å²) in [5, 5.41) is 11.0. The SMILES string of the molecule is CC1(C)Oc2cc([N+](=O)[O-])ccc2N(Cc2ccccc2)C1C=O. The first kappa shape index (κ1) is 16.0. The van der Waals surface area contributed by atoms with E-state index in [1.54, 1.807) is 6.07 Å². The van der Waals surface area contributed by atoms with Crippen LogP contribution in [-0.4, -0.2) is 22.9 Å². The summed E-state index contributed by atoms with van der Waals surface area (Å²) in [6.45, 7) is 4.14. The normalized spacial score (nSPS) is 18.4. The zero-order valence-electron chi connectivity index (χ0n) is 13.5. The molecule has 1 atom stereocenters. The molecule has 24 heavy (non-hydrogen) atoms. The Hall–Kier alpha value is -2.89. The number of hydrogen-bond donors (Lipinski definition) is 0. The average Bonchev–Trinajstić information content (AvgIpc) is 2.54. The van der Waals surface area contributed by atoms with Gasteiger partial charge >= 0.3 is 0 Å². The maximum Gasteiger partial charge on any atom is 0.273 e. The molecule has 6 nitrogen and oxygen atoms in total. The first-order chi connectivity index (χ1) is 11.4. The summed E-state index contributed by atoms with van der Waals surface area (Å²) in [6, 6.07) is 13.8. The molecular weight excluding hydrogens is 308 g/mol. The Bertz CT molecular complexity index is 774. The van der Waals surface area contributed by atoms with Crippen LogP contribution in [0.25, 0.3) is 0 Å². The molecule has 0 amide bonds. The van der Waals surface area contributed by atoms with Crippen LogP contribution in [0.4, 0.5) is 11.4 Å². The summed E-state index contributed by atoms with van der Waals surface area (Å²) in [7, 11) is 0. The molecule has 0 saturated heterocycles. The van der Waals surface area contributed by atoms with Crippen LogP contribution in [0.1, 0.15) is 19.4 Å². The van der Waals surface area contributed by atoms with E-state index in [1.807, 2.05) is 49.1 Å². The monoisotopic (exact) mass is 326 g/mol. The molecular formula is C18H18N2O4. The fourth-order valence-corrected chi connectivity index (χ4v) is 3.01. The number of anilines is 1. The van der Waals surface area contributed by atoms with Gasteiger partial charge in [0.1, 0.15) is 23.7 Å². The first-order valence-electron chi connectivity index (χ1n) is 7.66. The smallest absolute Gasteiger partial charge is 0.273 e. The van der Waals surface area contributed by atoms with Crippen molar-refractivity contribution in [3.8, 4) is 5.75 Å². The lowest BCUT2D eigenvalue weighted by atomic mass is 9.94. The van der Waals surface area contributed by atoms with Crippen LogP contribution in [0.3, 0.4) is 0 Å². The third-order valence-electron chi connectivity index (χ3n) is 4.21. The van der Waals surface area contributed by atoms with E-state index in [0.717, 1.165) is 11.8 Å². The van der Waals surface area contributed by atoms with E-state index >= 15 is 0 Å². The molecule has 0 aromatic heterocycles. The zero-order valence-corrected chi connectivity index (χ0v) is 13.5. The maximum absolute atomic E-state index is 11.7. The van der Waals surface area contributed by atoms with Gasteiger partial charge in [0.2, 0.25) is 0 Å². The van der Waals surface area contributed by atoms with Gasteiger partial charge in [-0.05, 0) is 25.5 Å². The third-order valence-corrected chi connectivity index (χ3v) is 4.21. The van der Waals surface area contributed by atoms with Crippen LogP contribution in [0.5, 0.6) is 5.75 Å². The predicted octanol–water partition coefficient (Wildman–Crippen LogP) is 3.34. The first-order valence-corrected chi connectivity index (χ1v) is 7.66. The fourth-order valence-electron chi connectivity index (χ4n) is 3.01. The lowest BCUT2D eigenvalue weighted by Crippen LogP contribution is -2.56. The van der Waals surface area contributed by atoms with Gasteiger partial charge in [0.15, 0.2) is 0 Å². The predicted molar refractivity (Wildman–Crippen MR) is 90.3 cm³/mol. The molecule has 3 rings (SSSR count). The number of rotatable bonds is 4. The standard InChI is InChI=1S/C18H18N2O4/c1-18(2)17(12-21)19(11-13-6-4-3-5-7-13)15-9-8-14(20(22)23)10-16(15)24-18/h3-10,12,17H,11H2,1-2H3. The molecule has 0 spiro atoms. The second-order valence-corrected chi connectivity index (χ2v) is 6.31. The van der Waals surface area contributed by atoms with Gasteiger partial charge in [-0.15, -0.1) is 0 Å². The maximum atomic E-state index is 11.7. The number of nitro benzene ring substituents is 1. The highest BCUT2D eigenvalue weighted by atomic mass is 16.6. The number of non-ortho nitro benzene ring substituents is 1. The molecule has 6 heteroatoms. The minimum Gasteiger partial charge on any atom is -0.483 e. The molecule has 1 aliphatic heterocycles. The number of fused-ring (bicyclic) bond motifs is 1. The summed E-state index contributed by atoms with van der Waals surface area (Å²) in [5.74, 6) is 0.420. The molecule has 124 valence electrons. The number of nitrogens with zero attached hydrogens (tertiary/aromatic N) is 2. The lowest BCUT2D eigenvalue weighted by molar-refractivity contribution is -0.385. The van der Waals surface area contributed by atoms with Crippen LogP contribution >= 0.6 is 0 Å². The summed E-state index contributed by atoms with van der Waals surface area (Å²) >= 11 is 0. The van der Waals surface area contributed by atoms with Crippen LogP contribution in [0, 0.1) is 10.1 Å². The van der Waals surface area contributed by atoms with Gasteiger partial charge in [-0.25, -0.2) is 0 Å². The molecule has 0 N–H and O–H groups in total. The van der Waals surface area contributed by atoms with Gasteiger partial charge in [0.25, 0.3) is 5.69 Å². The van der Waals surface area contributed by atoms with Crippen molar-refractivity contribution in [2.24, 2.45) is 0 Å². The molecule has 1 unspecified atom stereocenters. The van der Waals surface area contributed by atoms with E-state index < -0.39 is 16.6 Å². The van der Waals surface area contributed by atoms with Crippen molar-refractivity contribution in [1.29, 1.82) is 0 Å². The number of ether oxygens (including phenoxy) is 1. The summed E-state index contributed by atoms with van der Waals surface area (Å²) < 4.78 is 5.90. The van der Waals surface area contributed by atoms with Gasteiger partial charge in [-0.2, -0.15) is 0 Å². The summed E-state index contributed by atoms with van der Waals surface area (Å²) in [5.41, 5.74) is 0.902.